The van der Waals surface area contributed by atoms with Crippen LogP contribution in [0, 0.1) is 10.8 Å². The van der Waals surface area contributed by atoms with Gasteiger partial charge in [0.05, 0.1) is 0 Å². The number of nitrogens with two attached hydrogens (primary N) is 2. The maximum Gasteiger partial charge on any atom is 0.186 e. The summed E-state index contributed by atoms with van der Waals surface area (Å²) in [6.07, 6.45) is 3.80. The smallest absolute Gasteiger partial charge is 0.186 e. The van der Waals surface area contributed by atoms with Crippen molar-refractivity contribution in [1.29, 1.82) is 10.8 Å². The monoisotopic (exact) mass is 341 g/mol. The average molecular weight is 342 g/mol. The Kier molecular flexibility index (Phi) is 8.02. The van der Waals surface area contributed by atoms with Crippen LogP contribution in [-0.2, 0) is 0 Å². The summed E-state index contributed by atoms with van der Waals surface area (Å²) in [6, 6.07) is 0.358. The summed E-state index contributed by atoms with van der Waals surface area (Å²) in [5.74, 6) is 0.0282. The van der Waals surface area contributed by atoms with Crippen LogP contribution in [0.4, 0.5) is 0 Å². The first kappa shape index (κ1) is 22.5. The van der Waals surface area contributed by atoms with Gasteiger partial charge in [-0.3, -0.25) is 10.8 Å². The third kappa shape index (κ3) is 11.1. The summed E-state index contributed by atoms with van der Waals surface area (Å²) in [7, 11) is 0. The lowest BCUT2D eigenvalue weighted by molar-refractivity contribution is 0.264. The van der Waals surface area contributed by atoms with Gasteiger partial charge in [-0.15, -0.1) is 0 Å². The molecule has 0 spiro atoms. The molecule has 0 radical (unpaired) electrons. The zero-order chi connectivity index (χ0) is 19.2. The van der Waals surface area contributed by atoms with E-state index in [-0.39, 0.29) is 28.5 Å². The van der Waals surface area contributed by atoms with Crippen LogP contribution in [-0.4, -0.2) is 34.6 Å². The van der Waals surface area contributed by atoms with Gasteiger partial charge in [0.1, 0.15) is 0 Å². The fourth-order valence-corrected chi connectivity index (χ4v) is 2.87. The Morgan fingerprint density at radius 2 is 1.17 bits per heavy atom. The highest BCUT2D eigenvalue weighted by atomic mass is 15.1. The summed E-state index contributed by atoms with van der Waals surface area (Å²) >= 11 is 0. The molecule has 24 heavy (non-hydrogen) atoms. The van der Waals surface area contributed by atoms with Gasteiger partial charge in [-0.2, -0.15) is 0 Å². The average Bonchev–Trinajstić information content (AvgIpc) is 2.31. The van der Waals surface area contributed by atoms with Crippen LogP contribution in [0.25, 0.3) is 0 Å². The normalized spacial score (nSPS) is 14.1. The van der Waals surface area contributed by atoms with Gasteiger partial charge in [0.15, 0.2) is 11.9 Å². The summed E-state index contributed by atoms with van der Waals surface area (Å²) in [5, 5.41) is 24.4. The molecule has 0 fully saturated rings. The van der Waals surface area contributed by atoms with Gasteiger partial charge in [0, 0.05) is 22.7 Å². The Balaban J connectivity index is 4.38. The molecule has 0 aliphatic carbocycles. The molecule has 0 saturated heterocycles. The lowest BCUT2D eigenvalue weighted by atomic mass is 9.88. The minimum absolute atomic E-state index is 0.00664. The van der Waals surface area contributed by atoms with E-state index in [1.54, 1.807) is 0 Å². The fraction of sp³-hybridized carbons (Fsp3) is 0.882. The molecule has 0 aliphatic heterocycles. The van der Waals surface area contributed by atoms with Crippen molar-refractivity contribution >= 4 is 11.9 Å². The standard InChI is InChI=1S/C17H39N7/c1-12(8-9-15(2,3)23-13(18)19)22-16(4,5)10-11-17(6,7)24-14(20)21/h12,22H,8-11H2,1-7H3,(H4,18,19,23)(H4,20,21,24). The Morgan fingerprint density at radius 1 is 0.792 bits per heavy atom. The highest BCUT2D eigenvalue weighted by Gasteiger charge is 2.26. The third-order valence-corrected chi connectivity index (χ3v) is 4.16. The van der Waals surface area contributed by atoms with Crippen molar-refractivity contribution in [2.45, 2.75) is 96.8 Å². The molecule has 0 heterocycles. The van der Waals surface area contributed by atoms with Crippen molar-refractivity contribution in [3.05, 3.63) is 0 Å². The van der Waals surface area contributed by atoms with Crippen molar-refractivity contribution in [3.8, 4) is 0 Å². The second-order valence-electron chi connectivity index (χ2n) is 8.81. The van der Waals surface area contributed by atoms with Crippen molar-refractivity contribution in [2.24, 2.45) is 11.5 Å². The number of hydrogen-bond acceptors (Lipinski definition) is 3. The van der Waals surface area contributed by atoms with E-state index in [2.05, 4.69) is 64.4 Å². The van der Waals surface area contributed by atoms with Crippen LogP contribution in [0.5, 0.6) is 0 Å². The van der Waals surface area contributed by atoms with Crippen LogP contribution in [0.15, 0.2) is 0 Å². The quantitative estimate of drug-likeness (QED) is 0.240. The van der Waals surface area contributed by atoms with Crippen molar-refractivity contribution < 1.29 is 0 Å². The number of guanidine groups is 2. The molecule has 0 aromatic heterocycles. The van der Waals surface area contributed by atoms with Gasteiger partial charge >= 0.3 is 0 Å². The molecule has 7 heteroatoms. The maximum atomic E-state index is 7.38. The van der Waals surface area contributed by atoms with Crippen molar-refractivity contribution in [1.82, 2.24) is 16.0 Å². The van der Waals surface area contributed by atoms with Crippen LogP contribution in [0.3, 0.4) is 0 Å². The van der Waals surface area contributed by atoms with E-state index in [1.807, 2.05) is 0 Å². The lowest BCUT2D eigenvalue weighted by Gasteiger charge is -2.36. The van der Waals surface area contributed by atoms with Crippen LogP contribution in [0.1, 0.15) is 74.1 Å². The molecule has 0 saturated carbocycles. The molecule has 7 nitrogen and oxygen atoms in total. The maximum absolute atomic E-state index is 7.38. The van der Waals surface area contributed by atoms with Gasteiger partial charge < -0.3 is 27.4 Å². The molecule has 0 rings (SSSR count). The second-order valence-corrected chi connectivity index (χ2v) is 8.81. The van der Waals surface area contributed by atoms with E-state index < -0.39 is 0 Å². The Hall–Kier alpha value is -1.50. The molecule has 0 amide bonds. The van der Waals surface area contributed by atoms with Crippen LogP contribution >= 0.6 is 0 Å². The minimum Gasteiger partial charge on any atom is -0.370 e. The molecule has 1 atom stereocenters. The molecule has 1 unspecified atom stereocenters. The number of rotatable bonds is 10. The molecular weight excluding hydrogens is 302 g/mol. The van der Waals surface area contributed by atoms with Gasteiger partial charge in [-0.25, -0.2) is 0 Å². The molecule has 9 N–H and O–H groups in total. The number of nitrogens with one attached hydrogen (secondary N) is 5. The first-order valence-electron chi connectivity index (χ1n) is 8.66. The predicted molar refractivity (Wildman–Crippen MR) is 103 cm³/mol. The first-order chi connectivity index (χ1) is 10.6. The number of hydrogen-bond donors (Lipinski definition) is 7. The van der Waals surface area contributed by atoms with Crippen molar-refractivity contribution in [3.63, 3.8) is 0 Å². The van der Waals surface area contributed by atoms with Crippen LogP contribution in [0.2, 0.25) is 0 Å². The SMILES string of the molecule is CC(CCC(C)(C)NC(=N)N)NC(C)(C)CCC(C)(C)NC(=N)N. The molecule has 0 aromatic carbocycles. The fourth-order valence-electron chi connectivity index (χ4n) is 2.87. The lowest BCUT2D eigenvalue weighted by Crippen LogP contribution is -2.51. The van der Waals surface area contributed by atoms with E-state index in [4.69, 9.17) is 22.3 Å². The Labute approximate surface area is 147 Å². The van der Waals surface area contributed by atoms with Crippen molar-refractivity contribution in [2.75, 3.05) is 0 Å². The van der Waals surface area contributed by atoms with E-state index in [0.29, 0.717) is 6.04 Å². The predicted octanol–water partition coefficient (Wildman–Crippen LogP) is 1.83. The molecule has 0 bridgehead atoms. The summed E-state index contributed by atoms with van der Waals surface area (Å²) in [5.41, 5.74) is 10.5. The Morgan fingerprint density at radius 3 is 1.58 bits per heavy atom. The molecule has 0 aliphatic rings. The molecular formula is C17H39N7. The first-order valence-corrected chi connectivity index (χ1v) is 8.66. The Bertz CT molecular complexity index is 427. The summed E-state index contributed by atoms with van der Waals surface area (Å²) in [6.45, 7) is 14.8. The summed E-state index contributed by atoms with van der Waals surface area (Å²) < 4.78 is 0. The topological polar surface area (TPSA) is 136 Å². The zero-order valence-corrected chi connectivity index (χ0v) is 16.6. The highest BCUT2D eigenvalue weighted by Crippen LogP contribution is 2.21. The summed E-state index contributed by atoms with van der Waals surface area (Å²) in [4.78, 5) is 0. The molecule has 0 aromatic rings. The van der Waals surface area contributed by atoms with Gasteiger partial charge in [0.2, 0.25) is 0 Å². The van der Waals surface area contributed by atoms with E-state index >= 15 is 0 Å². The minimum atomic E-state index is -0.193. The largest absolute Gasteiger partial charge is 0.370 e. The van der Waals surface area contributed by atoms with E-state index in [0.717, 1.165) is 25.7 Å². The highest BCUT2D eigenvalue weighted by molar-refractivity contribution is 5.75. The van der Waals surface area contributed by atoms with Crippen LogP contribution < -0.4 is 27.4 Å². The van der Waals surface area contributed by atoms with E-state index in [1.165, 1.54) is 0 Å². The van der Waals surface area contributed by atoms with Gasteiger partial charge in [0.25, 0.3) is 0 Å². The third-order valence-electron chi connectivity index (χ3n) is 4.16. The molecule has 142 valence electrons. The second kappa shape index (κ2) is 8.55. The van der Waals surface area contributed by atoms with Gasteiger partial charge in [-0.05, 0) is 74.1 Å². The van der Waals surface area contributed by atoms with E-state index in [9.17, 15) is 0 Å². The zero-order valence-electron chi connectivity index (χ0n) is 16.6. The van der Waals surface area contributed by atoms with Gasteiger partial charge in [-0.1, -0.05) is 0 Å².